The number of nitrogens with one attached hydrogen (secondary N) is 1. The summed E-state index contributed by atoms with van der Waals surface area (Å²) >= 11 is 0. The number of carboxylic acid groups (broad SMARTS) is 1. The Kier molecular flexibility index (Phi) is 2.42. The Hall–Kier alpha value is -2.89. The fourth-order valence-corrected chi connectivity index (χ4v) is 1.94. The van der Waals surface area contributed by atoms with Crippen LogP contribution in [0.25, 0.3) is 22.4 Å². The first kappa shape index (κ1) is 11.2. The Morgan fingerprint density at radius 3 is 2.68 bits per heavy atom. The molecular weight excluding hydrogens is 248 g/mol. The number of carboxylic acids is 1. The number of H-pyrrole nitrogens is 1. The maximum atomic E-state index is 11.3. The van der Waals surface area contributed by atoms with Crippen molar-refractivity contribution in [2.75, 3.05) is 0 Å². The van der Waals surface area contributed by atoms with E-state index in [1.54, 1.807) is 12.1 Å². The quantitative estimate of drug-likeness (QED) is 0.729. The van der Waals surface area contributed by atoms with Gasteiger partial charge in [-0.1, -0.05) is 35.5 Å². The SMILES string of the molecule is O=C(O)c1cc(=O)[nH]c2onc(-c3ccccc3)c12. The monoisotopic (exact) mass is 256 g/mol. The average molecular weight is 256 g/mol. The van der Waals surface area contributed by atoms with Gasteiger partial charge >= 0.3 is 5.97 Å². The van der Waals surface area contributed by atoms with Crippen LogP contribution >= 0.6 is 0 Å². The standard InChI is InChI=1S/C13H8N2O4/c16-9-6-8(13(17)18)10-11(15-19-12(10)14-9)7-4-2-1-3-5-7/h1-6H,(H,14,16)(H,17,18). The van der Waals surface area contributed by atoms with Crippen LogP contribution in [-0.4, -0.2) is 21.2 Å². The normalized spacial score (nSPS) is 10.7. The van der Waals surface area contributed by atoms with Crippen LogP contribution in [0.15, 0.2) is 45.7 Å². The van der Waals surface area contributed by atoms with E-state index in [-0.39, 0.29) is 11.3 Å². The second-order valence-corrected chi connectivity index (χ2v) is 3.95. The van der Waals surface area contributed by atoms with Gasteiger partial charge in [0.05, 0.1) is 10.9 Å². The predicted octanol–water partition coefficient (Wildman–Crippen LogP) is 1.88. The number of hydrogen-bond donors (Lipinski definition) is 2. The lowest BCUT2D eigenvalue weighted by atomic mass is 10.1. The highest BCUT2D eigenvalue weighted by Gasteiger charge is 2.19. The molecule has 0 aliphatic heterocycles. The highest BCUT2D eigenvalue weighted by molar-refractivity contribution is 6.06. The predicted molar refractivity (Wildman–Crippen MR) is 67.0 cm³/mol. The van der Waals surface area contributed by atoms with E-state index in [1.165, 1.54) is 0 Å². The van der Waals surface area contributed by atoms with Crippen molar-refractivity contribution in [3.05, 3.63) is 52.3 Å². The molecule has 94 valence electrons. The first-order chi connectivity index (χ1) is 9.16. The number of carbonyl (C=O) groups is 1. The second kappa shape index (κ2) is 4.09. The van der Waals surface area contributed by atoms with Crippen molar-refractivity contribution in [1.82, 2.24) is 10.1 Å². The number of pyridine rings is 1. The topological polar surface area (TPSA) is 96.2 Å². The van der Waals surface area contributed by atoms with Gasteiger partial charge in [0.25, 0.3) is 5.56 Å². The number of fused-ring (bicyclic) bond motifs is 1. The van der Waals surface area contributed by atoms with Crippen LogP contribution in [0.2, 0.25) is 0 Å². The van der Waals surface area contributed by atoms with Gasteiger partial charge in [-0.25, -0.2) is 4.79 Å². The van der Waals surface area contributed by atoms with Crippen LogP contribution in [0.4, 0.5) is 0 Å². The Morgan fingerprint density at radius 1 is 1.26 bits per heavy atom. The minimum Gasteiger partial charge on any atom is -0.478 e. The number of nitrogens with zero attached hydrogens (tertiary/aromatic N) is 1. The maximum absolute atomic E-state index is 11.3. The third kappa shape index (κ3) is 1.79. The van der Waals surface area contributed by atoms with Crippen molar-refractivity contribution < 1.29 is 14.4 Å². The van der Waals surface area contributed by atoms with Gasteiger partial charge in [-0.15, -0.1) is 0 Å². The summed E-state index contributed by atoms with van der Waals surface area (Å²) in [6.45, 7) is 0. The molecular formula is C13H8N2O4. The molecule has 0 fully saturated rings. The average Bonchev–Trinajstić information content (AvgIpc) is 2.82. The molecule has 0 atom stereocenters. The van der Waals surface area contributed by atoms with Gasteiger partial charge in [-0.05, 0) is 0 Å². The van der Waals surface area contributed by atoms with Crippen molar-refractivity contribution in [3.63, 3.8) is 0 Å². The van der Waals surface area contributed by atoms with E-state index in [4.69, 9.17) is 4.52 Å². The van der Waals surface area contributed by atoms with E-state index in [1.807, 2.05) is 18.2 Å². The van der Waals surface area contributed by atoms with Gasteiger partial charge in [-0.2, -0.15) is 0 Å². The molecule has 6 nitrogen and oxygen atoms in total. The summed E-state index contributed by atoms with van der Waals surface area (Å²) in [7, 11) is 0. The third-order valence-electron chi connectivity index (χ3n) is 2.75. The molecule has 2 heterocycles. The number of hydrogen-bond acceptors (Lipinski definition) is 4. The van der Waals surface area contributed by atoms with Crippen molar-refractivity contribution in [2.45, 2.75) is 0 Å². The third-order valence-corrected chi connectivity index (χ3v) is 2.75. The largest absolute Gasteiger partial charge is 0.478 e. The highest BCUT2D eigenvalue weighted by Crippen LogP contribution is 2.28. The molecule has 1 aromatic carbocycles. The van der Waals surface area contributed by atoms with Gasteiger partial charge in [-0.3, -0.25) is 9.78 Å². The molecule has 3 rings (SSSR count). The van der Waals surface area contributed by atoms with E-state index in [9.17, 15) is 14.7 Å². The van der Waals surface area contributed by atoms with E-state index in [2.05, 4.69) is 10.1 Å². The summed E-state index contributed by atoms with van der Waals surface area (Å²) in [5, 5.41) is 13.3. The Bertz CT molecular complexity index is 818. The Balaban J connectivity index is 2.40. The number of aromatic amines is 1. The highest BCUT2D eigenvalue weighted by atomic mass is 16.5. The van der Waals surface area contributed by atoms with Crippen LogP contribution in [0.1, 0.15) is 10.4 Å². The molecule has 0 aliphatic carbocycles. The molecule has 0 spiro atoms. The van der Waals surface area contributed by atoms with Crippen molar-refractivity contribution in [2.24, 2.45) is 0 Å². The summed E-state index contributed by atoms with van der Waals surface area (Å²) in [6.07, 6.45) is 0. The number of aromatic carboxylic acids is 1. The number of rotatable bonds is 2. The first-order valence-electron chi connectivity index (χ1n) is 5.48. The van der Waals surface area contributed by atoms with Crippen LogP contribution in [0.3, 0.4) is 0 Å². The molecule has 6 heteroatoms. The minimum absolute atomic E-state index is 0.0590. The molecule has 0 aliphatic rings. The number of aromatic nitrogens is 2. The fourth-order valence-electron chi connectivity index (χ4n) is 1.94. The van der Waals surface area contributed by atoms with Crippen LogP contribution in [0.5, 0.6) is 0 Å². The lowest BCUT2D eigenvalue weighted by molar-refractivity contribution is 0.0699. The second-order valence-electron chi connectivity index (χ2n) is 3.95. The molecule has 3 aromatic rings. The molecule has 0 radical (unpaired) electrons. The van der Waals surface area contributed by atoms with Gasteiger partial charge in [0.15, 0.2) is 0 Å². The Labute approximate surface area is 106 Å². The van der Waals surface area contributed by atoms with Gasteiger partial charge in [0.1, 0.15) is 5.69 Å². The van der Waals surface area contributed by atoms with E-state index in [0.29, 0.717) is 11.1 Å². The zero-order chi connectivity index (χ0) is 13.4. The van der Waals surface area contributed by atoms with E-state index >= 15 is 0 Å². The summed E-state index contributed by atoms with van der Waals surface area (Å²) in [6, 6.07) is 10.0. The van der Waals surface area contributed by atoms with Crippen molar-refractivity contribution in [1.29, 1.82) is 0 Å². The molecule has 2 aromatic heterocycles. The molecule has 0 bridgehead atoms. The van der Waals surface area contributed by atoms with Crippen LogP contribution in [-0.2, 0) is 0 Å². The summed E-state index contributed by atoms with van der Waals surface area (Å²) in [5.41, 5.74) is 0.503. The van der Waals surface area contributed by atoms with Crippen molar-refractivity contribution in [3.8, 4) is 11.3 Å². The first-order valence-corrected chi connectivity index (χ1v) is 5.48. The van der Waals surface area contributed by atoms with Crippen molar-refractivity contribution >= 4 is 17.1 Å². The smallest absolute Gasteiger partial charge is 0.336 e. The van der Waals surface area contributed by atoms with E-state index in [0.717, 1.165) is 11.6 Å². The molecule has 19 heavy (non-hydrogen) atoms. The Morgan fingerprint density at radius 2 is 2.00 bits per heavy atom. The fraction of sp³-hybridized carbons (Fsp3) is 0. The summed E-state index contributed by atoms with van der Waals surface area (Å²) < 4.78 is 5.01. The van der Waals surface area contributed by atoms with Crippen LogP contribution < -0.4 is 5.56 Å². The zero-order valence-corrected chi connectivity index (χ0v) is 9.58. The van der Waals surface area contributed by atoms with Gasteiger partial charge in [0, 0.05) is 11.6 Å². The van der Waals surface area contributed by atoms with E-state index < -0.39 is 11.5 Å². The molecule has 0 amide bonds. The molecule has 0 saturated carbocycles. The molecule has 2 N–H and O–H groups in total. The lowest BCUT2D eigenvalue weighted by Gasteiger charge is -1.99. The minimum atomic E-state index is -1.20. The number of benzene rings is 1. The van der Waals surface area contributed by atoms with Gasteiger partial charge in [0.2, 0.25) is 5.71 Å². The van der Waals surface area contributed by atoms with Gasteiger partial charge < -0.3 is 9.63 Å². The lowest BCUT2D eigenvalue weighted by Crippen LogP contribution is -2.09. The van der Waals surface area contributed by atoms with Crippen LogP contribution in [0, 0.1) is 0 Å². The molecule has 0 unspecified atom stereocenters. The summed E-state index contributed by atoms with van der Waals surface area (Å²) in [4.78, 5) is 25.0. The summed E-state index contributed by atoms with van der Waals surface area (Å²) in [5.74, 6) is -1.20. The molecule has 0 saturated heterocycles. The zero-order valence-electron chi connectivity index (χ0n) is 9.58. The maximum Gasteiger partial charge on any atom is 0.336 e.